The van der Waals surface area contributed by atoms with E-state index in [2.05, 4.69) is 5.32 Å². The fourth-order valence-corrected chi connectivity index (χ4v) is 1.95. The average molecular weight is 283 g/mol. The maximum atomic E-state index is 13.7. The van der Waals surface area contributed by atoms with Crippen molar-refractivity contribution in [3.8, 4) is 5.75 Å². The number of hydrogen-bond donors (Lipinski definition) is 2. The highest BCUT2D eigenvalue weighted by Crippen LogP contribution is 2.23. The van der Waals surface area contributed by atoms with Crippen molar-refractivity contribution in [3.05, 3.63) is 29.6 Å². The van der Waals surface area contributed by atoms with Crippen LogP contribution in [0.2, 0.25) is 0 Å². The number of carbonyl (C=O) groups excluding carboxylic acids is 1. The first-order chi connectivity index (χ1) is 9.41. The average Bonchev–Trinajstić information content (AvgIpc) is 2.42. The minimum atomic E-state index is -0.602. The molecule has 1 aromatic rings. The van der Waals surface area contributed by atoms with Crippen molar-refractivity contribution in [1.29, 1.82) is 0 Å². The van der Waals surface area contributed by atoms with Crippen molar-refractivity contribution in [3.63, 3.8) is 0 Å². The molecule has 0 atom stereocenters. The number of benzene rings is 1. The summed E-state index contributed by atoms with van der Waals surface area (Å²) in [4.78, 5) is 12.1. The molecule has 0 unspecified atom stereocenters. The monoisotopic (exact) mass is 283 g/mol. The molecule has 0 aliphatic rings. The second kappa shape index (κ2) is 7.24. The van der Waals surface area contributed by atoms with Crippen molar-refractivity contribution >= 4 is 5.91 Å². The molecular weight excluding hydrogens is 261 g/mol. The molecule has 5 heteroatoms. The number of amides is 1. The summed E-state index contributed by atoms with van der Waals surface area (Å²) in [7, 11) is 1.40. The fourth-order valence-electron chi connectivity index (χ4n) is 1.95. The van der Waals surface area contributed by atoms with E-state index < -0.39 is 11.7 Å². The Kier molecular flexibility index (Phi) is 5.95. The maximum Gasteiger partial charge on any atom is 0.258 e. The molecule has 0 aliphatic heterocycles. The van der Waals surface area contributed by atoms with Gasteiger partial charge in [0, 0.05) is 13.2 Å². The molecule has 0 fully saturated rings. The Balaban J connectivity index is 2.73. The van der Waals surface area contributed by atoms with Gasteiger partial charge in [-0.25, -0.2) is 4.39 Å². The van der Waals surface area contributed by atoms with Gasteiger partial charge in [-0.3, -0.25) is 4.79 Å². The summed E-state index contributed by atoms with van der Waals surface area (Å²) in [5.74, 6) is -0.872. The molecule has 0 saturated carbocycles. The van der Waals surface area contributed by atoms with Gasteiger partial charge in [0.15, 0.2) is 0 Å². The minimum Gasteiger partial charge on any atom is -0.496 e. The van der Waals surface area contributed by atoms with Crippen LogP contribution in [-0.4, -0.2) is 31.3 Å². The first-order valence-corrected chi connectivity index (χ1v) is 6.63. The Bertz CT molecular complexity index is 460. The number of rotatable bonds is 7. The van der Waals surface area contributed by atoms with Crippen molar-refractivity contribution in [2.75, 3.05) is 20.3 Å². The molecular formula is C15H22FNO3. The Morgan fingerprint density at radius 3 is 2.75 bits per heavy atom. The topological polar surface area (TPSA) is 58.6 Å². The molecule has 2 N–H and O–H groups in total. The zero-order chi connectivity index (χ0) is 15.2. The molecule has 0 bridgehead atoms. The van der Waals surface area contributed by atoms with Gasteiger partial charge < -0.3 is 15.2 Å². The zero-order valence-electron chi connectivity index (χ0n) is 12.2. The number of halogens is 1. The van der Waals surface area contributed by atoms with Crippen LogP contribution >= 0.6 is 0 Å². The van der Waals surface area contributed by atoms with Gasteiger partial charge in [0.25, 0.3) is 5.91 Å². The molecule has 0 spiro atoms. The Labute approximate surface area is 119 Å². The predicted octanol–water partition coefficient (Wildman–Crippen LogP) is 2.36. The van der Waals surface area contributed by atoms with Crippen LogP contribution in [0.4, 0.5) is 4.39 Å². The summed E-state index contributed by atoms with van der Waals surface area (Å²) in [6, 6.07) is 4.28. The lowest BCUT2D eigenvalue weighted by Gasteiger charge is -2.24. The minimum absolute atomic E-state index is 0.0760. The van der Waals surface area contributed by atoms with Crippen LogP contribution in [0.25, 0.3) is 0 Å². The van der Waals surface area contributed by atoms with Crippen molar-refractivity contribution in [2.24, 2.45) is 5.41 Å². The third-order valence-electron chi connectivity index (χ3n) is 3.16. The second-order valence-corrected chi connectivity index (χ2v) is 5.49. The van der Waals surface area contributed by atoms with Crippen LogP contribution in [0.1, 0.15) is 37.0 Å². The third kappa shape index (κ3) is 4.49. The lowest BCUT2D eigenvalue weighted by atomic mass is 9.88. The number of carbonyl (C=O) groups is 1. The van der Waals surface area contributed by atoms with Crippen molar-refractivity contribution in [1.82, 2.24) is 5.32 Å². The summed E-state index contributed by atoms with van der Waals surface area (Å²) < 4.78 is 18.7. The molecule has 112 valence electrons. The highest BCUT2D eigenvalue weighted by atomic mass is 19.1. The van der Waals surface area contributed by atoms with E-state index in [4.69, 9.17) is 9.84 Å². The van der Waals surface area contributed by atoms with Gasteiger partial charge in [0.2, 0.25) is 0 Å². The van der Waals surface area contributed by atoms with E-state index in [0.29, 0.717) is 13.0 Å². The number of methoxy groups -OCH3 is 1. The Morgan fingerprint density at radius 1 is 1.45 bits per heavy atom. The largest absolute Gasteiger partial charge is 0.496 e. The third-order valence-corrected chi connectivity index (χ3v) is 3.16. The first kappa shape index (κ1) is 16.4. The first-order valence-electron chi connectivity index (χ1n) is 6.63. The molecule has 20 heavy (non-hydrogen) atoms. The van der Waals surface area contributed by atoms with Gasteiger partial charge in [0.1, 0.15) is 17.1 Å². The van der Waals surface area contributed by atoms with Crippen molar-refractivity contribution in [2.45, 2.75) is 26.7 Å². The smallest absolute Gasteiger partial charge is 0.258 e. The molecule has 4 nitrogen and oxygen atoms in total. The van der Waals surface area contributed by atoms with Crippen LogP contribution in [0.3, 0.4) is 0 Å². The molecule has 1 rings (SSSR count). The molecule has 0 radical (unpaired) electrons. The van der Waals surface area contributed by atoms with Gasteiger partial charge >= 0.3 is 0 Å². The number of hydrogen-bond acceptors (Lipinski definition) is 3. The lowest BCUT2D eigenvalue weighted by molar-refractivity contribution is 0.0925. The molecule has 1 amide bonds. The molecule has 0 aromatic heterocycles. The van der Waals surface area contributed by atoms with E-state index in [-0.39, 0.29) is 23.3 Å². The molecule has 0 saturated heterocycles. The van der Waals surface area contributed by atoms with Gasteiger partial charge in [-0.2, -0.15) is 0 Å². The van der Waals surface area contributed by atoms with Crippen molar-refractivity contribution < 1.29 is 19.0 Å². The zero-order valence-corrected chi connectivity index (χ0v) is 12.2. The van der Waals surface area contributed by atoms with Gasteiger partial charge in [-0.05, 0) is 30.4 Å². The van der Waals surface area contributed by atoms with Gasteiger partial charge in [-0.15, -0.1) is 0 Å². The van der Waals surface area contributed by atoms with Crippen LogP contribution < -0.4 is 10.1 Å². The normalized spacial score (nSPS) is 11.2. The summed E-state index contributed by atoms with van der Waals surface area (Å²) in [5.41, 5.74) is -0.232. The standard InChI is InChI=1S/C15H22FNO3/c1-15(2,8-5-9-18)10-17-14(19)13-11(16)6-4-7-12(13)20-3/h4,6-7,18H,5,8-10H2,1-3H3,(H,17,19). The number of ether oxygens (including phenoxy) is 1. The van der Waals surface area contributed by atoms with Gasteiger partial charge in [-0.1, -0.05) is 19.9 Å². The maximum absolute atomic E-state index is 13.7. The molecule has 0 heterocycles. The van der Waals surface area contributed by atoms with Crippen LogP contribution in [0.5, 0.6) is 5.75 Å². The van der Waals surface area contributed by atoms with E-state index in [1.807, 2.05) is 13.8 Å². The quantitative estimate of drug-likeness (QED) is 0.807. The van der Waals surface area contributed by atoms with E-state index in [1.165, 1.54) is 19.2 Å². The molecule has 0 aliphatic carbocycles. The summed E-state index contributed by atoms with van der Waals surface area (Å²) in [6.07, 6.45) is 1.45. The summed E-state index contributed by atoms with van der Waals surface area (Å²) >= 11 is 0. The van der Waals surface area contributed by atoms with E-state index in [0.717, 1.165) is 6.42 Å². The Morgan fingerprint density at radius 2 is 2.15 bits per heavy atom. The predicted molar refractivity (Wildman–Crippen MR) is 75.4 cm³/mol. The van der Waals surface area contributed by atoms with E-state index >= 15 is 0 Å². The fraction of sp³-hybridized carbons (Fsp3) is 0.533. The number of aliphatic hydroxyl groups is 1. The van der Waals surface area contributed by atoms with E-state index in [9.17, 15) is 9.18 Å². The second-order valence-electron chi connectivity index (χ2n) is 5.49. The van der Waals surface area contributed by atoms with Crippen LogP contribution in [-0.2, 0) is 0 Å². The number of aliphatic hydroxyl groups excluding tert-OH is 1. The highest BCUT2D eigenvalue weighted by Gasteiger charge is 2.22. The molecule has 1 aromatic carbocycles. The SMILES string of the molecule is COc1cccc(F)c1C(=O)NCC(C)(C)CCCO. The van der Waals surface area contributed by atoms with E-state index in [1.54, 1.807) is 6.07 Å². The number of nitrogens with one attached hydrogen (secondary N) is 1. The summed E-state index contributed by atoms with van der Waals surface area (Å²) in [5, 5.41) is 11.6. The van der Waals surface area contributed by atoms with Crippen LogP contribution in [0.15, 0.2) is 18.2 Å². The highest BCUT2D eigenvalue weighted by molar-refractivity contribution is 5.97. The van der Waals surface area contributed by atoms with Crippen LogP contribution in [0, 0.1) is 11.2 Å². The summed E-state index contributed by atoms with van der Waals surface area (Å²) in [6.45, 7) is 4.50. The Hall–Kier alpha value is -1.62. The van der Waals surface area contributed by atoms with Gasteiger partial charge in [0.05, 0.1) is 7.11 Å². The lowest BCUT2D eigenvalue weighted by Crippen LogP contribution is -2.34.